The number of esters is 1. The van der Waals surface area contributed by atoms with E-state index in [2.05, 4.69) is 0 Å². The number of furan rings is 1. The van der Waals surface area contributed by atoms with Crippen LogP contribution < -0.4 is 19.6 Å². The summed E-state index contributed by atoms with van der Waals surface area (Å²) in [6.07, 6.45) is 2.75. The van der Waals surface area contributed by atoms with E-state index in [1.165, 1.54) is 19.4 Å². The summed E-state index contributed by atoms with van der Waals surface area (Å²) in [5, 5.41) is 0.320. The highest BCUT2D eigenvalue weighted by atomic mass is 16.5. The van der Waals surface area contributed by atoms with Crippen molar-refractivity contribution in [3.63, 3.8) is 0 Å². The van der Waals surface area contributed by atoms with E-state index in [0.29, 0.717) is 39.4 Å². The third-order valence-corrected chi connectivity index (χ3v) is 6.20. The van der Waals surface area contributed by atoms with E-state index >= 15 is 0 Å². The van der Waals surface area contributed by atoms with E-state index in [1.54, 1.807) is 49.4 Å². The van der Waals surface area contributed by atoms with Crippen LogP contribution in [-0.4, -0.2) is 18.9 Å². The largest absolute Gasteiger partial charge is 0.497 e. The van der Waals surface area contributed by atoms with Crippen molar-refractivity contribution in [2.45, 2.75) is 19.3 Å². The number of ether oxygens (including phenoxy) is 3. The van der Waals surface area contributed by atoms with Gasteiger partial charge in [0.15, 0.2) is 11.2 Å². The van der Waals surface area contributed by atoms with Crippen LogP contribution in [0.4, 0.5) is 0 Å². The molecule has 0 radical (unpaired) electrons. The second kappa shape index (κ2) is 7.73. The lowest BCUT2D eigenvalue weighted by molar-refractivity contribution is -0.135. The highest BCUT2D eigenvalue weighted by molar-refractivity contribution is 6.15. The van der Waals surface area contributed by atoms with Crippen LogP contribution in [0, 0.1) is 6.92 Å². The van der Waals surface area contributed by atoms with Crippen molar-refractivity contribution in [1.82, 2.24) is 0 Å². The van der Waals surface area contributed by atoms with Crippen LogP contribution in [0.25, 0.3) is 17.0 Å². The van der Waals surface area contributed by atoms with Gasteiger partial charge >= 0.3 is 5.97 Å². The van der Waals surface area contributed by atoms with Crippen molar-refractivity contribution in [2.24, 2.45) is 0 Å². The molecule has 2 aromatic carbocycles. The van der Waals surface area contributed by atoms with Gasteiger partial charge in [-0.05, 0) is 49.4 Å². The van der Waals surface area contributed by atoms with Crippen molar-refractivity contribution in [2.75, 3.05) is 7.11 Å². The van der Waals surface area contributed by atoms with Gasteiger partial charge in [0.05, 0.1) is 30.7 Å². The molecule has 2 aromatic heterocycles. The van der Waals surface area contributed by atoms with Gasteiger partial charge in [-0.3, -0.25) is 14.4 Å². The van der Waals surface area contributed by atoms with Crippen molar-refractivity contribution >= 4 is 28.8 Å². The number of allylic oxidation sites excluding steroid dienone is 1. The molecule has 0 N–H and O–H groups in total. The Hall–Kier alpha value is -4.59. The van der Waals surface area contributed by atoms with Gasteiger partial charge in [0.1, 0.15) is 34.4 Å². The minimum atomic E-state index is -0.731. The van der Waals surface area contributed by atoms with Crippen LogP contribution in [0.2, 0.25) is 0 Å². The van der Waals surface area contributed by atoms with E-state index in [4.69, 9.17) is 23.0 Å². The first-order valence-electron chi connectivity index (χ1n) is 10.9. The smallest absolute Gasteiger partial charge is 0.312 e. The first-order chi connectivity index (χ1) is 16.9. The fourth-order valence-electron chi connectivity index (χ4n) is 4.52. The Bertz CT molecular complexity index is 1630. The van der Waals surface area contributed by atoms with Crippen molar-refractivity contribution in [1.29, 1.82) is 0 Å². The quantitative estimate of drug-likeness (QED) is 0.240. The molecular weight excluding hydrogens is 452 g/mol. The summed E-state index contributed by atoms with van der Waals surface area (Å²) < 4.78 is 28.0. The molecule has 0 saturated heterocycles. The van der Waals surface area contributed by atoms with E-state index in [0.717, 1.165) is 0 Å². The molecule has 6 rings (SSSR count). The Balaban J connectivity index is 1.51. The number of fused-ring (bicyclic) bond motifs is 4. The molecule has 2 aliphatic heterocycles. The van der Waals surface area contributed by atoms with Gasteiger partial charge in [0.25, 0.3) is 0 Å². The molecule has 0 aliphatic carbocycles. The Kier molecular flexibility index (Phi) is 4.63. The Morgan fingerprint density at radius 3 is 2.66 bits per heavy atom. The second-order valence-electron chi connectivity index (χ2n) is 8.36. The van der Waals surface area contributed by atoms with Crippen LogP contribution >= 0.6 is 0 Å². The SMILES string of the molecule is COc1ccc2occ(C3CC(=O)Oc4ccc5c(c43)O/C(=C\c3ccc(C)o3)C5=O)c(=O)c2c1. The number of carbonyl (C=O) groups is 2. The summed E-state index contributed by atoms with van der Waals surface area (Å²) in [7, 11) is 1.51. The number of carbonyl (C=O) groups excluding carboxylic acids is 2. The standard InChI is InChI=1S/C27H18O8/c1-13-3-4-15(33-13)10-22-26(30)16-6-8-21-24(27(16)35-22)17(11-23(28)34-21)19-12-32-20-7-5-14(31-2)9-18(20)25(19)29/h3-10,12,17H,11H2,1-2H3/b22-10-. The molecule has 0 spiro atoms. The molecule has 8 nitrogen and oxygen atoms in total. The molecule has 2 aliphatic rings. The molecule has 1 atom stereocenters. The van der Waals surface area contributed by atoms with E-state index in [-0.39, 0.29) is 40.5 Å². The minimum Gasteiger partial charge on any atom is -0.497 e. The van der Waals surface area contributed by atoms with Gasteiger partial charge in [-0.25, -0.2) is 0 Å². The number of hydrogen-bond donors (Lipinski definition) is 0. The third kappa shape index (κ3) is 3.33. The van der Waals surface area contributed by atoms with Gasteiger partial charge in [-0.2, -0.15) is 0 Å². The topological polar surface area (TPSA) is 105 Å². The predicted molar refractivity (Wildman–Crippen MR) is 124 cm³/mol. The average Bonchev–Trinajstić information content (AvgIpc) is 3.41. The Morgan fingerprint density at radius 1 is 1.03 bits per heavy atom. The third-order valence-electron chi connectivity index (χ3n) is 6.20. The number of Topliss-reactive ketones (excluding diaryl/α,β-unsaturated/α-hetero) is 1. The number of rotatable bonds is 3. The zero-order valence-electron chi connectivity index (χ0n) is 18.7. The van der Waals surface area contributed by atoms with Gasteiger partial charge in [0.2, 0.25) is 5.78 Å². The van der Waals surface area contributed by atoms with Crippen molar-refractivity contribution < 1.29 is 32.6 Å². The molecule has 174 valence electrons. The molecule has 0 amide bonds. The summed E-state index contributed by atoms with van der Waals surface area (Å²) in [6.45, 7) is 1.80. The fourth-order valence-corrected chi connectivity index (χ4v) is 4.52. The monoisotopic (exact) mass is 470 g/mol. The fraction of sp³-hybridized carbons (Fsp3) is 0.148. The minimum absolute atomic E-state index is 0.0775. The maximum atomic E-state index is 13.5. The van der Waals surface area contributed by atoms with Crippen molar-refractivity contribution in [3.05, 3.63) is 92.9 Å². The van der Waals surface area contributed by atoms with Gasteiger partial charge in [-0.15, -0.1) is 0 Å². The molecular formula is C27H18O8. The first-order valence-corrected chi connectivity index (χ1v) is 10.9. The van der Waals surface area contributed by atoms with Crippen LogP contribution in [0.15, 0.2) is 68.1 Å². The highest BCUT2D eigenvalue weighted by Crippen LogP contribution is 2.48. The van der Waals surface area contributed by atoms with Crippen LogP contribution in [-0.2, 0) is 4.79 Å². The predicted octanol–water partition coefficient (Wildman–Crippen LogP) is 4.76. The molecule has 4 aromatic rings. The normalized spacial score (nSPS) is 17.8. The summed E-state index contributed by atoms with van der Waals surface area (Å²) in [5.41, 5.74) is 1.10. The molecule has 1 unspecified atom stereocenters. The zero-order valence-corrected chi connectivity index (χ0v) is 18.7. The summed E-state index contributed by atoms with van der Waals surface area (Å²) >= 11 is 0. The summed E-state index contributed by atoms with van der Waals surface area (Å²) in [4.78, 5) is 39.0. The lowest BCUT2D eigenvalue weighted by atomic mass is 9.85. The van der Waals surface area contributed by atoms with Crippen LogP contribution in [0.1, 0.15) is 45.3 Å². The number of aryl methyl sites for hydroxylation is 1. The van der Waals surface area contributed by atoms with E-state index in [9.17, 15) is 14.4 Å². The summed E-state index contributed by atoms with van der Waals surface area (Å²) in [5.74, 6) is 0.676. The number of methoxy groups -OCH3 is 1. The average molecular weight is 470 g/mol. The Labute approximate surface area is 198 Å². The number of benzene rings is 2. The van der Waals surface area contributed by atoms with Gasteiger partial charge < -0.3 is 23.0 Å². The lowest BCUT2D eigenvalue weighted by Crippen LogP contribution is -2.25. The van der Waals surface area contributed by atoms with E-state index in [1.807, 2.05) is 0 Å². The Morgan fingerprint density at radius 2 is 1.89 bits per heavy atom. The maximum absolute atomic E-state index is 13.5. The maximum Gasteiger partial charge on any atom is 0.312 e. The first kappa shape index (κ1) is 21.0. The zero-order chi connectivity index (χ0) is 24.3. The van der Waals surface area contributed by atoms with Crippen LogP contribution in [0.3, 0.4) is 0 Å². The molecule has 0 fully saturated rings. The van der Waals surface area contributed by atoms with Gasteiger partial charge in [-0.1, -0.05) is 0 Å². The molecule has 0 saturated carbocycles. The van der Waals surface area contributed by atoms with E-state index < -0.39 is 11.9 Å². The summed E-state index contributed by atoms with van der Waals surface area (Å²) in [6, 6.07) is 11.5. The second-order valence-corrected chi connectivity index (χ2v) is 8.36. The molecule has 4 heterocycles. The number of ketones is 1. The number of hydrogen-bond acceptors (Lipinski definition) is 8. The lowest BCUT2D eigenvalue weighted by Gasteiger charge is -2.25. The van der Waals surface area contributed by atoms with Gasteiger partial charge in [0, 0.05) is 23.1 Å². The van der Waals surface area contributed by atoms with Crippen molar-refractivity contribution in [3.8, 4) is 17.2 Å². The van der Waals surface area contributed by atoms with Crippen LogP contribution in [0.5, 0.6) is 17.2 Å². The highest BCUT2D eigenvalue weighted by Gasteiger charge is 2.39. The molecule has 8 heteroatoms. The molecule has 35 heavy (non-hydrogen) atoms. The molecule has 0 bridgehead atoms.